The zero-order chi connectivity index (χ0) is 15.3. The molecule has 1 heterocycles. The van der Waals surface area contributed by atoms with E-state index >= 15 is 0 Å². The van der Waals surface area contributed by atoms with Crippen molar-refractivity contribution in [3.63, 3.8) is 0 Å². The highest BCUT2D eigenvalue weighted by molar-refractivity contribution is 7.99. The van der Waals surface area contributed by atoms with Crippen LogP contribution < -0.4 is 10.9 Å². The maximum absolute atomic E-state index is 11.7. The molecule has 0 spiro atoms. The molecule has 6 nitrogen and oxygen atoms in total. The Hall–Kier alpha value is -1.34. The number of carboxylic acid groups (broad SMARTS) is 1. The second kappa shape index (κ2) is 7.09. The standard InChI is InChI=1S/C14H21N3O3S/c1-2-7-16-14(12(19)20)6-3-4-10(9-14)21-13-15-8-5-11(18)17-13/h5,8,10,16H,2-4,6-7,9H2,1H3,(H,19,20)(H,15,17,18). The summed E-state index contributed by atoms with van der Waals surface area (Å²) in [6.07, 6.45) is 5.37. The minimum absolute atomic E-state index is 0.143. The molecule has 1 aliphatic rings. The van der Waals surface area contributed by atoms with E-state index < -0.39 is 11.5 Å². The normalized spacial score (nSPS) is 25.7. The monoisotopic (exact) mass is 311 g/mol. The van der Waals surface area contributed by atoms with E-state index in [2.05, 4.69) is 15.3 Å². The molecule has 2 unspecified atom stereocenters. The van der Waals surface area contributed by atoms with Crippen LogP contribution in [0.15, 0.2) is 22.2 Å². The Labute approximate surface area is 127 Å². The van der Waals surface area contributed by atoms with E-state index in [1.54, 1.807) is 0 Å². The van der Waals surface area contributed by atoms with Crippen LogP contribution in [0.25, 0.3) is 0 Å². The molecule has 0 saturated heterocycles. The molecule has 0 radical (unpaired) electrons. The average Bonchev–Trinajstić information content (AvgIpc) is 2.45. The maximum atomic E-state index is 11.7. The first-order valence-corrected chi connectivity index (χ1v) is 8.14. The first-order valence-electron chi connectivity index (χ1n) is 7.26. The number of carboxylic acids is 1. The SMILES string of the molecule is CCCNC1(C(=O)O)CCCC(Sc2nccc(=O)[nH]2)C1. The van der Waals surface area contributed by atoms with Gasteiger partial charge in [0.05, 0.1) is 0 Å². The van der Waals surface area contributed by atoms with Crippen molar-refractivity contribution in [2.45, 2.75) is 55.0 Å². The lowest BCUT2D eigenvalue weighted by atomic mass is 9.81. The van der Waals surface area contributed by atoms with Gasteiger partial charge in [-0.15, -0.1) is 0 Å². The number of nitrogens with zero attached hydrogens (tertiary/aromatic N) is 1. The van der Waals surface area contributed by atoms with Gasteiger partial charge in [0.25, 0.3) is 5.56 Å². The van der Waals surface area contributed by atoms with Gasteiger partial charge in [-0.3, -0.25) is 9.59 Å². The van der Waals surface area contributed by atoms with Crippen molar-refractivity contribution < 1.29 is 9.90 Å². The Bertz CT molecular complexity index is 548. The van der Waals surface area contributed by atoms with Crippen LogP contribution in [0.2, 0.25) is 0 Å². The first-order chi connectivity index (χ1) is 10.1. The van der Waals surface area contributed by atoms with Gasteiger partial charge in [-0.25, -0.2) is 4.98 Å². The third-order valence-electron chi connectivity index (χ3n) is 3.75. The molecule has 0 amide bonds. The number of thioether (sulfide) groups is 1. The van der Waals surface area contributed by atoms with Crippen LogP contribution in [0, 0.1) is 0 Å². The topological polar surface area (TPSA) is 95.1 Å². The summed E-state index contributed by atoms with van der Waals surface area (Å²) in [5, 5.41) is 13.5. The highest BCUT2D eigenvalue weighted by Crippen LogP contribution is 2.37. The summed E-state index contributed by atoms with van der Waals surface area (Å²) >= 11 is 1.46. The van der Waals surface area contributed by atoms with E-state index in [0.29, 0.717) is 24.5 Å². The predicted molar refractivity (Wildman–Crippen MR) is 81.6 cm³/mol. The molecule has 0 bridgehead atoms. The Kier molecular flexibility index (Phi) is 5.41. The van der Waals surface area contributed by atoms with Gasteiger partial charge >= 0.3 is 5.97 Å². The van der Waals surface area contributed by atoms with Crippen LogP contribution in [0.1, 0.15) is 39.0 Å². The second-order valence-electron chi connectivity index (χ2n) is 5.39. The Morgan fingerprint density at radius 3 is 3.14 bits per heavy atom. The van der Waals surface area contributed by atoms with Gasteiger partial charge in [0.15, 0.2) is 5.16 Å². The third-order valence-corrected chi connectivity index (χ3v) is 4.92. The zero-order valence-corrected chi connectivity index (χ0v) is 12.9. The molecule has 0 aromatic carbocycles. The van der Waals surface area contributed by atoms with E-state index in [4.69, 9.17) is 0 Å². The summed E-state index contributed by atoms with van der Waals surface area (Å²) in [5.41, 5.74) is -1.03. The van der Waals surface area contributed by atoms with Crippen LogP contribution in [-0.4, -0.2) is 38.4 Å². The molecule has 116 valence electrons. The molecule has 3 N–H and O–H groups in total. The first kappa shape index (κ1) is 16.0. The largest absolute Gasteiger partial charge is 0.480 e. The highest BCUT2D eigenvalue weighted by Gasteiger charge is 2.42. The minimum atomic E-state index is -0.846. The van der Waals surface area contributed by atoms with Gasteiger partial charge in [0.1, 0.15) is 5.54 Å². The van der Waals surface area contributed by atoms with Gasteiger partial charge in [-0.2, -0.15) is 0 Å². The molecular weight excluding hydrogens is 290 g/mol. The lowest BCUT2D eigenvalue weighted by Gasteiger charge is -2.38. The number of hydrogen-bond donors (Lipinski definition) is 3. The molecule has 1 aromatic heterocycles. The van der Waals surface area contributed by atoms with E-state index in [1.807, 2.05) is 6.92 Å². The van der Waals surface area contributed by atoms with Crippen molar-refractivity contribution in [1.29, 1.82) is 0 Å². The summed E-state index contributed by atoms with van der Waals surface area (Å²) in [4.78, 5) is 29.8. The average molecular weight is 311 g/mol. The number of H-pyrrole nitrogens is 1. The maximum Gasteiger partial charge on any atom is 0.323 e. The third kappa shape index (κ3) is 4.07. The van der Waals surface area contributed by atoms with Crippen molar-refractivity contribution >= 4 is 17.7 Å². The van der Waals surface area contributed by atoms with Gasteiger partial charge in [0, 0.05) is 17.5 Å². The molecule has 2 rings (SSSR count). The van der Waals surface area contributed by atoms with Gasteiger partial charge in [-0.1, -0.05) is 18.7 Å². The van der Waals surface area contributed by atoms with Crippen LogP contribution >= 0.6 is 11.8 Å². The minimum Gasteiger partial charge on any atom is -0.480 e. The number of aromatic nitrogens is 2. The number of carbonyl (C=O) groups is 1. The van der Waals surface area contributed by atoms with Crippen molar-refractivity contribution in [2.24, 2.45) is 0 Å². The molecule has 1 aromatic rings. The fourth-order valence-electron chi connectivity index (χ4n) is 2.69. The van der Waals surface area contributed by atoms with Gasteiger partial charge in [0.2, 0.25) is 0 Å². The molecule has 1 aliphatic carbocycles. The van der Waals surface area contributed by atoms with E-state index in [1.165, 1.54) is 24.0 Å². The lowest BCUT2D eigenvalue weighted by Crippen LogP contribution is -2.55. The zero-order valence-electron chi connectivity index (χ0n) is 12.1. The van der Waals surface area contributed by atoms with Crippen molar-refractivity contribution in [3.05, 3.63) is 22.6 Å². The molecule has 1 fully saturated rings. The smallest absolute Gasteiger partial charge is 0.323 e. The van der Waals surface area contributed by atoms with Crippen molar-refractivity contribution in [2.75, 3.05) is 6.54 Å². The molecular formula is C14H21N3O3S. The number of nitrogens with one attached hydrogen (secondary N) is 2. The fourth-order valence-corrected chi connectivity index (χ4v) is 3.94. The molecule has 0 aliphatic heterocycles. The van der Waals surface area contributed by atoms with Crippen LogP contribution in [-0.2, 0) is 4.79 Å². The van der Waals surface area contributed by atoms with Crippen molar-refractivity contribution in [1.82, 2.24) is 15.3 Å². The van der Waals surface area contributed by atoms with Crippen LogP contribution in [0.3, 0.4) is 0 Å². The molecule has 21 heavy (non-hydrogen) atoms. The Morgan fingerprint density at radius 2 is 2.48 bits per heavy atom. The Balaban J connectivity index is 2.08. The van der Waals surface area contributed by atoms with E-state index in [9.17, 15) is 14.7 Å². The number of rotatable bonds is 6. The lowest BCUT2D eigenvalue weighted by molar-refractivity contribution is -0.146. The van der Waals surface area contributed by atoms with E-state index in [0.717, 1.165) is 19.3 Å². The second-order valence-corrected chi connectivity index (χ2v) is 6.68. The quantitative estimate of drug-likeness (QED) is 0.691. The highest BCUT2D eigenvalue weighted by atomic mass is 32.2. The summed E-state index contributed by atoms with van der Waals surface area (Å²) in [7, 11) is 0. The number of hydrogen-bond acceptors (Lipinski definition) is 5. The van der Waals surface area contributed by atoms with Gasteiger partial charge < -0.3 is 15.4 Å². The van der Waals surface area contributed by atoms with Crippen molar-refractivity contribution in [3.8, 4) is 0 Å². The van der Waals surface area contributed by atoms with Crippen LogP contribution in [0.4, 0.5) is 0 Å². The predicted octanol–water partition coefficient (Wildman–Crippen LogP) is 1.63. The molecule has 2 atom stereocenters. The molecule has 1 saturated carbocycles. The summed E-state index contributed by atoms with van der Waals surface area (Å²) < 4.78 is 0. The van der Waals surface area contributed by atoms with Gasteiger partial charge in [-0.05, 0) is 38.6 Å². The van der Waals surface area contributed by atoms with E-state index in [-0.39, 0.29) is 10.8 Å². The summed E-state index contributed by atoms with van der Waals surface area (Å²) in [5.74, 6) is -0.782. The van der Waals surface area contributed by atoms with Crippen LogP contribution in [0.5, 0.6) is 0 Å². The summed E-state index contributed by atoms with van der Waals surface area (Å²) in [6, 6.07) is 1.37. The Morgan fingerprint density at radius 1 is 1.67 bits per heavy atom. The number of aromatic amines is 1. The molecule has 7 heteroatoms. The fraction of sp³-hybridized carbons (Fsp3) is 0.643. The summed E-state index contributed by atoms with van der Waals surface area (Å²) in [6.45, 7) is 2.72. The number of aliphatic carboxylic acids is 1.